The minimum atomic E-state index is 0.295. The minimum absolute atomic E-state index is 0.295. The van der Waals surface area contributed by atoms with Crippen LogP contribution in [0.3, 0.4) is 0 Å². The van der Waals surface area contributed by atoms with Gasteiger partial charge in [-0.25, -0.2) is 4.98 Å². The summed E-state index contributed by atoms with van der Waals surface area (Å²) < 4.78 is 6.02. The molecule has 1 saturated carbocycles. The number of nitrogens with zero attached hydrogens (tertiary/aromatic N) is 2. The quantitative estimate of drug-likeness (QED) is 0.898. The van der Waals surface area contributed by atoms with Crippen molar-refractivity contribution in [1.82, 2.24) is 15.3 Å². The number of rotatable bonds is 5. The van der Waals surface area contributed by atoms with E-state index >= 15 is 0 Å². The molecule has 0 spiro atoms. The first-order valence-corrected chi connectivity index (χ1v) is 7.75. The Morgan fingerprint density at radius 1 is 1.25 bits per heavy atom. The Bertz CT molecular complexity index is 422. The molecule has 4 nitrogen and oxygen atoms in total. The smallest absolute Gasteiger partial charge is 0.232 e. The molecule has 0 aliphatic heterocycles. The van der Waals surface area contributed by atoms with E-state index in [0.29, 0.717) is 18.0 Å². The molecule has 1 aliphatic carbocycles. The van der Waals surface area contributed by atoms with Crippen LogP contribution in [0.2, 0.25) is 0 Å². The van der Waals surface area contributed by atoms with Crippen LogP contribution in [0.25, 0.3) is 0 Å². The van der Waals surface area contributed by atoms with Crippen molar-refractivity contribution in [3.63, 3.8) is 0 Å². The van der Waals surface area contributed by atoms with E-state index in [9.17, 15) is 0 Å². The molecule has 1 fully saturated rings. The molecule has 1 aromatic rings. The van der Waals surface area contributed by atoms with Gasteiger partial charge in [-0.3, -0.25) is 4.98 Å². The van der Waals surface area contributed by atoms with Gasteiger partial charge in [0, 0.05) is 18.8 Å². The first-order valence-electron chi connectivity index (χ1n) is 7.75. The molecular formula is C16H27N3O. The van der Waals surface area contributed by atoms with Crippen LogP contribution in [0.15, 0.2) is 12.4 Å². The Morgan fingerprint density at radius 2 is 2.05 bits per heavy atom. The van der Waals surface area contributed by atoms with Crippen LogP contribution < -0.4 is 10.1 Å². The first-order chi connectivity index (χ1) is 9.54. The minimum Gasteiger partial charge on any atom is -0.473 e. The third kappa shape index (κ3) is 4.44. The van der Waals surface area contributed by atoms with E-state index in [1.807, 2.05) is 0 Å². The van der Waals surface area contributed by atoms with Crippen LogP contribution in [0.1, 0.15) is 52.7 Å². The number of hydrogen-bond donors (Lipinski definition) is 1. The van der Waals surface area contributed by atoms with E-state index in [2.05, 4.69) is 43.0 Å². The highest BCUT2D eigenvalue weighted by Crippen LogP contribution is 2.31. The molecule has 3 atom stereocenters. The van der Waals surface area contributed by atoms with Gasteiger partial charge >= 0.3 is 0 Å². The van der Waals surface area contributed by atoms with Gasteiger partial charge in [0.1, 0.15) is 6.10 Å². The van der Waals surface area contributed by atoms with Gasteiger partial charge in [0.05, 0.1) is 11.9 Å². The predicted octanol–water partition coefficient (Wildman–Crippen LogP) is 3.18. The summed E-state index contributed by atoms with van der Waals surface area (Å²) in [4.78, 5) is 8.77. The van der Waals surface area contributed by atoms with Crippen molar-refractivity contribution < 1.29 is 4.74 Å². The molecule has 1 aliphatic rings. The van der Waals surface area contributed by atoms with Crippen molar-refractivity contribution in [2.75, 3.05) is 0 Å². The SMILES string of the molecule is CC(C)NCc1cncc(OC2CCC(C)C(C)C2)n1. The lowest BCUT2D eigenvalue weighted by atomic mass is 9.80. The van der Waals surface area contributed by atoms with Crippen LogP contribution in [0.5, 0.6) is 5.88 Å². The Labute approximate surface area is 122 Å². The maximum Gasteiger partial charge on any atom is 0.232 e. The fraction of sp³-hybridized carbons (Fsp3) is 0.750. The van der Waals surface area contributed by atoms with Crippen molar-refractivity contribution in [1.29, 1.82) is 0 Å². The summed E-state index contributed by atoms with van der Waals surface area (Å²) in [5.41, 5.74) is 0.938. The van der Waals surface area contributed by atoms with Crippen LogP contribution in [0, 0.1) is 11.8 Å². The van der Waals surface area contributed by atoms with E-state index in [1.54, 1.807) is 12.4 Å². The fourth-order valence-corrected chi connectivity index (χ4v) is 2.61. The van der Waals surface area contributed by atoms with E-state index in [1.165, 1.54) is 6.42 Å². The van der Waals surface area contributed by atoms with E-state index < -0.39 is 0 Å². The second-order valence-electron chi connectivity index (χ2n) is 6.39. The molecule has 0 bridgehead atoms. The van der Waals surface area contributed by atoms with Gasteiger partial charge < -0.3 is 10.1 Å². The Kier molecular flexibility index (Phi) is 5.35. The van der Waals surface area contributed by atoms with E-state index in [0.717, 1.165) is 36.9 Å². The Hall–Kier alpha value is -1.16. The maximum atomic E-state index is 6.02. The number of hydrogen-bond acceptors (Lipinski definition) is 4. The van der Waals surface area contributed by atoms with Gasteiger partial charge in [-0.2, -0.15) is 0 Å². The zero-order valence-electron chi connectivity index (χ0n) is 13.1. The monoisotopic (exact) mass is 277 g/mol. The highest BCUT2D eigenvalue weighted by atomic mass is 16.5. The molecule has 0 saturated heterocycles. The number of aromatic nitrogens is 2. The molecule has 1 N–H and O–H groups in total. The van der Waals surface area contributed by atoms with Crippen molar-refractivity contribution in [2.24, 2.45) is 11.8 Å². The first kappa shape index (κ1) is 15.2. The maximum absolute atomic E-state index is 6.02. The van der Waals surface area contributed by atoms with Gasteiger partial charge in [0.25, 0.3) is 0 Å². The van der Waals surface area contributed by atoms with Gasteiger partial charge in [-0.15, -0.1) is 0 Å². The molecule has 20 heavy (non-hydrogen) atoms. The predicted molar refractivity (Wildman–Crippen MR) is 80.6 cm³/mol. The average Bonchev–Trinajstić information content (AvgIpc) is 2.41. The van der Waals surface area contributed by atoms with Crippen LogP contribution in [0.4, 0.5) is 0 Å². The lowest BCUT2D eigenvalue weighted by molar-refractivity contribution is 0.0958. The Morgan fingerprint density at radius 3 is 2.75 bits per heavy atom. The highest BCUT2D eigenvalue weighted by molar-refractivity contribution is 5.09. The van der Waals surface area contributed by atoms with Crippen molar-refractivity contribution in [2.45, 2.75) is 65.6 Å². The molecule has 1 heterocycles. The molecular weight excluding hydrogens is 250 g/mol. The van der Waals surface area contributed by atoms with Crippen LogP contribution in [-0.2, 0) is 6.54 Å². The molecule has 112 valence electrons. The molecule has 0 amide bonds. The Balaban J connectivity index is 1.91. The van der Waals surface area contributed by atoms with Gasteiger partial charge in [-0.1, -0.05) is 27.7 Å². The molecule has 3 unspecified atom stereocenters. The average molecular weight is 277 g/mol. The van der Waals surface area contributed by atoms with Crippen molar-refractivity contribution in [3.8, 4) is 5.88 Å². The summed E-state index contributed by atoms with van der Waals surface area (Å²) in [6.45, 7) is 9.63. The zero-order chi connectivity index (χ0) is 14.5. The van der Waals surface area contributed by atoms with Gasteiger partial charge in [0.15, 0.2) is 0 Å². The van der Waals surface area contributed by atoms with Crippen LogP contribution in [-0.4, -0.2) is 22.1 Å². The van der Waals surface area contributed by atoms with E-state index in [-0.39, 0.29) is 0 Å². The lowest BCUT2D eigenvalue weighted by Crippen LogP contribution is -2.29. The third-order valence-corrected chi connectivity index (χ3v) is 4.19. The highest BCUT2D eigenvalue weighted by Gasteiger charge is 2.26. The normalized spacial score (nSPS) is 26.8. The summed E-state index contributed by atoms with van der Waals surface area (Å²) in [6, 6.07) is 0.446. The molecule has 0 aromatic carbocycles. The second kappa shape index (κ2) is 7.02. The largest absolute Gasteiger partial charge is 0.473 e. The standard InChI is InChI=1S/C16H27N3O/c1-11(2)18-9-14-8-17-10-16(19-14)20-15-6-5-12(3)13(4)7-15/h8,10-13,15,18H,5-7,9H2,1-4H3. The number of ether oxygens (including phenoxy) is 1. The number of nitrogens with one attached hydrogen (secondary N) is 1. The zero-order valence-corrected chi connectivity index (χ0v) is 13.1. The van der Waals surface area contributed by atoms with E-state index in [4.69, 9.17) is 4.74 Å². The molecule has 2 rings (SSSR count). The fourth-order valence-electron chi connectivity index (χ4n) is 2.61. The molecule has 0 radical (unpaired) electrons. The summed E-state index contributed by atoms with van der Waals surface area (Å²) in [5, 5.41) is 3.35. The second-order valence-corrected chi connectivity index (χ2v) is 6.39. The van der Waals surface area contributed by atoms with Crippen LogP contribution >= 0.6 is 0 Å². The van der Waals surface area contributed by atoms with Gasteiger partial charge in [0.2, 0.25) is 5.88 Å². The van der Waals surface area contributed by atoms with Crippen molar-refractivity contribution >= 4 is 0 Å². The van der Waals surface area contributed by atoms with Crippen molar-refractivity contribution in [3.05, 3.63) is 18.1 Å². The summed E-state index contributed by atoms with van der Waals surface area (Å²) in [7, 11) is 0. The summed E-state index contributed by atoms with van der Waals surface area (Å²) in [6.07, 6.45) is 7.31. The third-order valence-electron chi connectivity index (χ3n) is 4.19. The summed E-state index contributed by atoms with van der Waals surface area (Å²) in [5.74, 6) is 2.20. The molecule has 4 heteroatoms. The topological polar surface area (TPSA) is 47.0 Å². The molecule has 1 aromatic heterocycles. The summed E-state index contributed by atoms with van der Waals surface area (Å²) >= 11 is 0. The van der Waals surface area contributed by atoms with Gasteiger partial charge in [-0.05, 0) is 31.1 Å². The lowest BCUT2D eigenvalue weighted by Gasteiger charge is -2.31.